The van der Waals surface area contributed by atoms with E-state index < -0.39 is 0 Å². The normalized spacial score (nSPS) is 12.6. The van der Waals surface area contributed by atoms with Crippen molar-refractivity contribution in [3.05, 3.63) is 41.2 Å². The predicted molar refractivity (Wildman–Crippen MR) is 78.3 cm³/mol. The van der Waals surface area contributed by atoms with Crippen molar-refractivity contribution in [2.75, 3.05) is 12.8 Å². The van der Waals surface area contributed by atoms with Gasteiger partial charge in [0.1, 0.15) is 6.33 Å². The zero-order valence-corrected chi connectivity index (χ0v) is 12.4. The lowest BCUT2D eigenvalue weighted by Gasteiger charge is -2.17. The molecule has 2 aromatic rings. The summed E-state index contributed by atoms with van der Waals surface area (Å²) >= 11 is 3.20. The van der Waals surface area contributed by atoms with Gasteiger partial charge in [0.25, 0.3) is 0 Å². The first-order chi connectivity index (χ1) is 8.69. The smallest absolute Gasteiger partial charge is 0.169 e. The topological polar surface area (TPSA) is 37.8 Å². The van der Waals surface area contributed by atoms with Crippen LogP contribution < -0.4 is 5.32 Å². The number of aromatic nitrogens is 2. The molecule has 1 heterocycles. The molecule has 0 aliphatic heterocycles. The van der Waals surface area contributed by atoms with Crippen LogP contribution in [0.2, 0.25) is 0 Å². The molecule has 96 valence electrons. The summed E-state index contributed by atoms with van der Waals surface area (Å²) in [5, 5.41) is 3.37. The molecule has 1 unspecified atom stereocenters. The maximum Gasteiger partial charge on any atom is 0.169 e. The number of rotatable bonds is 5. The Bertz CT molecular complexity index is 477. The minimum atomic E-state index is 0.345. The van der Waals surface area contributed by atoms with Gasteiger partial charge < -0.3 is 5.32 Å². The molecule has 18 heavy (non-hydrogen) atoms. The Morgan fingerprint density at radius 1 is 1.28 bits per heavy atom. The van der Waals surface area contributed by atoms with Crippen molar-refractivity contribution in [3.8, 4) is 0 Å². The van der Waals surface area contributed by atoms with Gasteiger partial charge in [-0.2, -0.15) is 4.37 Å². The Morgan fingerprint density at radius 3 is 2.56 bits per heavy atom. The molecule has 0 spiro atoms. The van der Waals surface area contributed by atoms with Crippen molar-refractivity contribution in [3.63, 3.8) is 0 Å². The molecule has 0 bridgehead atoms. The van der Waals surface area contributed by atoms with Gasteiger partial charge in [0.15, 0.2) is 4.34 Å². The molecular formula is C13H17N3S2. The number of nitrogens with one attached hydrogen (secondary N) is 1. The molecule has 1 aromatic carbocycles. The van der Waals surface area contributed by atoms with Crippen LogP contribution in [0.15, 0.2) is 28.9 Å². The van der Waals surface area contributed by atoms with Crippen molar-refractivity contribution in [1.82, 2.24) is 14.7 Å². The molecule has 1 N–H and O–H groups in total. The van der Waals surface area contributed by atoms with Crippen molar-refractivity contribution >= 4 is 23.3 Å². The van der Waals surface area contributed by atoms with Crippen LogP contribution in [0.1, 0.15) is 22.7 Å². The molecule has 0 radical (unpaired) electrons. The van der Waals surface area contributed by atoms with Gasteiger partial charge in [-0.1, -0.05) is 41.1 Å². The Labute approximate surface area is 116 Å². The van der Waals surface area contributed by atoms with Crippen LogP contribution in [0, 0.1) is 13.8 Å². The maximum atomic E-state index is 4.19. The summed E-state index contributed by atoms with van der Waals surface area (Å²) in [6.45, 7) is 4.28. The van der Waals surface area contributed by atoms with Gasteiger partial charge in [0.2, 0.25) is 0 Å². The highest BCUT2D eigenvalue weighted by molar-refractivity contribution is 8.00. The molecule has 1 atom stereocenters. The molecule has 5 heteroatoms. The average Bonchev–Trinajstić information content (AvgIpc) is 2.81. The quantitative estimate of drug-likeness (QED) is 0.853. The van der Waals surface area contributed by atoms with E-state index in [0.717, 1.165) is 10.1 Å². The third-order valence-corrected chi connectivity index (χ3v) is 4.60. The van der Waals surface area contributed by atoms with Crippen LogP contribution in [0.25, 0.3) is 0 Å². The Hall–Kier alpha value is -0.910. The molecule has 0 saturated carbocycles. The lowest BCUT2D eigenvalue weighted by Crippen LogP contribution is -2.19. The largest absolute Gasteiger partial charge is 0.312 e. The number of hydrogen-bond donors (Lipinski definition) is 1. The second kappa shape index (κ2) is 6.31. The van der Waals surface area contributed by atoms with Crippen molar-refractivity contribution in [1.29, 1.82) is 0 Å². The van der Waals surface area contributed by atoms with Crippen LogP contribution in [-0.4, -0.2) is 22.2 Å². The van der Waals surface area contributed by atoms with Gasteiger partial charge in [0.05, 0.1) is 0 Å². The summed E-state index contributed by atoms with van der Waals surface area (Å²) in [5.41, 5.74) is 3.96. The standard InChI is InChI=1S/C13H17N3S2/c1-9-4-10(2)6-11(5-9)12(14-3)7-17-13-15-8-16-18-13/h4-6,8,12,14H,7H2,1-3H3. The summed E-state index contributed by atoms with van der Waals surface area (Å²) in [6, 6.07) is 7.04. The van der Waals surface area contributed by atoms with Gasteiger partial charge in [-0.3, -0.25) is 0 Å². The van der Waals surface area contributed by atoms with Crippen molar-refractivity contribution in [2.45, 2.75) is 24.2 Å². The monoisotopic (exact) mass is 279 g/mol. The highest BCUT2D eigenvalue weighted by atomic mass is 32.2. The first-order valence-electron chi connectivity index (χ1n) is 5.84. The van der Waals surface area contributed by atoms with Gasteiger partial charge in [-0.25, -0.2) is 4.98 Å². The van der Waals surface area contributed by atoms with Crippen LogP contribution in [0.3, 0.4) is 0 Å². The summed E-state index contributed by atoms with van der Waals surface area (Å²) in [6.07, 6.45) is 1.61. The molecule has 0 amide bonds. The first-order valence-corrected chi connectivity index (χ1v) is 7.60. The summed E-state index contributed by atoms with van der Waals surface area (Å²) in [7, 11) is 2.00. The van der Waals surface area contributed by atoms with Crippen LogP contribution in [-0.2, 0) is 0 Å². The van der Waals surface area contributed by atoms with Gasteiger partial charge >= 0.3 is 0 Å². The van der Waals surface area contributed by atoms with Gasteiger partial charge in [0, 0.05) is 11.8 Å². The second-order valence-electron chi connectivity index (χ2n) is 4.28. The Kier molecular flexibility index (Phi) is 4.74. The van der Waals surface area contributed by atoms with E-state index in [1.54, 1.807) is 18.1 Å². The third-order valence-electron chi connectivity index (χ3n) is 2.71. The van der Waals surface area contributed by atoms with E-state index in [9.17, 15) is 0 Å². The number of thioether (sulfide) groups is 1. The summed E-state index contributed by atoms with van der Waals surface area (Å²) in [4.78, 5) is 4.19. The molecule has 0 aliphatic carbocycles. The molecule has 0 fully saturated rings. The fraction of sp³-hybridized carbons (Fsp3) is 0.385. The SMILES string of the molecule is CNC(CSc1ncns1)c1cc(C)cc(C)c1. The fourth-order valence-electron chi connectivity index (χ4n) is 1.94. The van der Waals surface area contributed by atoms with Crippen molar-refractivity contribution in [2.24, 2.45) is 0 Å². The van der Waals surface area contributed by atoms with E-state index >= 15 is 0 Å². The average molecular weight is 279 g/mol. The summed E-state index contributed by atoms with van der Waals surface area (Å²) in [5.74, 6) is 0.967. The highest BCUT2D eigenvalue weighted by Crippen LogP contribution is 2.26. The second-order valence-corrected chi connectivity index (χ2v) is 6.33. The van der Waals surface area contributed by atoms with Gasteiger partial charge in [-0.05, 0) is 38.0 Å². The van der Waals surface area contributed by atoms with E-state index in [-0.39, 0.29) is 0 Å². The van der Waals surface area contributed by atoms with E-state index in [0.29, 0.717) is 6.04 Å². The number of benzene rings is 1. The molecule has 0 aliphatic rings. The fourth-order valence-corrected chi connectivity index (χ4v) is 3.55. The number of nitrogens with zero attached hydrogens (tertiary/aromatic N) is 2. The van der Waals surface area contributed by atoms with Crippen molar-refractivity contribution < 1.29 is 0 Å². The van der Waals surface area contributed by atoms with E-state index in [4.69, 9.17) is 0 Å². The highest BCUT2D eigenvalue weighted by Gasteiger charge is 2.11. The molecule has 3 nitrogen and oxygen atoms in total. The van der Waals surface area contributed by atoms with Gasteiger partial charge in [-0.15, -0.1) is 0 Å². The predicted octanol–water partition coefficient (Wildman–Crippen LogP) is 3.21. The lowest BCUT2D eigenvalue weighted by atomic mass is 10.0. The van der Waals surface area contributed by atoms with Crippen LogP contribution in [0.5, 0.6) is 0 Å². The summed E-state index contributed by atoms with van der Waals surface area (Å²) < 4.78 is 5.04. The minimum Gasteiger partial charge on any atom is -0.312 e. The van der Waals surface area contributed by atoms with Crippen LogP contribution >= 0.6 is 23.3 Å². The number of hydrogen-bond acceptors (Lipinski definition) is 5. The zero-order valence-electron chi connectivity index (χ0n) is 10.8. The Morgan fingerprint density at radius 2 is 2.00 bits per heavy atom. The lowest BCUT2D eigenvalue weighted by molar-refractivity contribution is 0.660. The molecule has 1 aromatic heterocycles. The zero-order chi connectivity index (χ0) is 13.0. The molecule has 0 saturated heterocycles. The van der Waals surface area contributed by atoms with E-state index in [2.05, 4.69) is 46.7 Å². The number of aryl methyl sites for hydroxylation is 2. The van der Waals surface area contributed by atoms with E-state index in [1.807, 2.05) is 7.05 Å². The minimum absolute atomic E-state index is 0.345. The maximum absolute atomic E-state index is 4.19. The third kappa shape index (κ3) is 3.54. The first kappa shape index (κ1) is 13.5. The van der Waals surface area contributed by atoms with E-state index in [1.165, 1.54) is 28.2 Å². The van der Waals surface area contributed by atoms with Crippen LogP contribution in [0.4, 0.5) is 0 Å². The molecule has 2 rings (SSSR count). The molecular weight excluding hydrogens is 262 g/mol. The Balaban J connectivity index is 2.07.